The van der Waals surface area contributed by atoms with Crippen LogP contribution in [0.4, 0.5) is 4.39 Å². The van der Waals surface area contributed by atoms with Crippen LogP contribution in [-0.4, -0.2) is 23.0 Å². The van der Waals surface area contributed by atoms with Crippen LogP contribution in [0.3, 0.4) is 0 Å². The lowest BCUT2D eigenvalue weighted by molar-refractivity contribution is 0.284. The standard InChI is InChI=1S/C23H17ClFN3O4/c1-31-20-11-15(10-18(24)21(20)32-13-14-5-4-6-16(25)9-14)12-26-28-22(29)17-7-2-3-8-19(17)27-23(28)30/h2-12H,13H2,1H3,(H,27,30). The molecule has 1 aromatic heterocycles. The number of halogens is 2. The first-order valence-electron chi connectivity index (χ1n) is 9.49. The van der Waals surface area contributed by atoms with Gasteiger partial charge < -0.3 is 14.5 Å². The van der Waals surface area contributed by atoms with Crippen molar-refractivity contribution in [2.24, 2.45) is 5.10 Å². The summed E-state index contributed by atoms with van der Waals surface area (Å²) in [7, 11) is 1.44. The van der Waals surface area contributed by atoms with E-state index in [1.807, 2.05) is 0 Å². The minimum atomic E-state index is -0.668. The van der Waals surface area contributed by atoms with E-state index in [4.69, 9.17) is 21.1 Å². The van der Waals surface area contributed by atoms with E-state index in [9.17, 15) is 14.0 Å². The zero-order chi connectivity index (χ0) is 22.7. The van der Waals surface area contributed by atoms with Gasteiger partial charge in [-0.1, -0.05) is 35.9 Å². The van der Waals surface area contributed by atoms with E-state index < -0.39 is 11.2 Å². The summed E-state index contributed by atoms with van der Waals surface area (Å²) in [5.74, 6) is 0.223. The van der Waals surface area contributed by atoms with Gasteiger partial charge in [0.25, 0.3) is 5.56 Å². The van der Waals surface area contributed by atoms with E-state index in [0.29, 0.717) is 27.8 Å². The molecule has 0 saturated carbocycles. The van der Waals surface area contributed by atoms with Crippen molar-refractivity contribution in [3.8, 4) is 11.5 Å². The van der Waals surface area contributed by atoms with Gasteiger partial charge >= 0.3 is 5.69 Å². The minimum absolute atomic E-state index is 0.0864. The molecular weight excluding hydrogens is 437 g/mol. The van der Waals surface area contributed by atoms with Gasteiger partial charge in [0.15, 0.2) is 11.5 Å². The molecule has 3 aromatic carbocycles. The number of nitrogens with zero attached hydrogens (tertiary/aromatic N) is 2. The first-order valence-corrected chi connectivity index (χ1v) is 9.87. The van der Waals surface area contributed by atoms with Crippen LogP contribution >= 0.6 is 11.6 Å². The van der Waals surface area contributed by atoms with Crippen LogP contribution in [0.1, 0.15) is 11.1 Å². The van der Waals surface area contributed by atoms with Crippen LogP contribution in [-0.2, 0) is 6.61 Å². The topological polar surface area (TPSA) is 85.7 Å². The van der Waals surface area contributed by atoms with E-state index in [1.165, 1.54) is 25.5 Å². The summed E-state index contributed by atoms with van der Waals surface area (Å²) in [6, 6.07) is 15.8. The number of nitrogens with one attached hydrogen (secondary N) is 1. The number of aromatic nitrogens is 2. The number of benzene rings is 3. The van der Waals surface area contributed by atoms with E-state index in [0.717, 1.165) is 4.68 Å². The highest BCUT2D eigenvalue weighted by atomic mass is 35.5. The highest BCUT2D eigenvalue weighted by Gasteiger charge is 2.13. The van der Waals surface area contributed by atoms with Crippen molar-refractivity contribution < 1.29 is 13.9 Å². The lowest BCUT2D eigenvalue weighted by Gasteiger charge is -2.13. The highest BCUT2D eigenvalue weighted by molar-refractivity contribution is 6.32. The van der Waals surface area contributed by atoms with Crippen LogP contribution in [0.25, 0.3) is 10.9 Å². The fourth-order valence-corrected chi connectivity index (χ4v) is 3.39. The predicted molar refractivity (Wildman–Crippen MR) is 121 cm³/mol. The van der Waals surface area contributed by atoms with E-state index in [1.54, 1.807) is 48.5 Å². The maximum Gasteiger partial charge on any atom is 0.349 e. The molecule has 4 rings (SSSR count). The van der Waals surface area contributed by atoms with Crippen molar-refractivity contribution >= 4 is 28.7 Å². The molecule has 0 unspecified atom stereocenters. The molecule has 0 bridgehead atoms. The van der Waals surface area contributed by atoms with Crippen molar-refractivity contribution in [2.75, 3.05) is 7.11 Å². The summed E-state index contributed by atoms with van der Waals surface area (Å²) < 4.78 is 25.2. The van der Waals surface area contributed by atoms with Gasteiger partial charge in [0.2, 0.25) is 0 Å². The van der Waals surface area contributed by atoms with Gasteiger partial charge in [-0.2, -0.15) is 5.10 Å². The van der Waals surface area contributed by atoms with Crippen LogP contribution < -0.4 is 20.7 Å². The Morgan fingerprint density at radius 3 is 2.72 bits per heavy atom. The van der Waals surface area contributed by atoms with Crippen LogP contribution in [0.2, 0.25) is 5.02 Å². The molecule has 1 N–H and O–H groups in total. The molecule has 0 aliphatic carbocycles. The molecule has 0 aliphatic heterocycles. The Bertz CT molecular complexity index is 1450. The largest absolute Gasteiger partial charge is 0.493 e. The number of ether oxygens (including phenoxy) is 2. The molecular formula is C23H17ClFN3O4. The Labute approximate surface area is 186 Å². The summed E-state index contributed by atoms with van der Waals surface area (Å²) in [5.41, 5.74) is 0.318. The molecule has 0 atom stereocenters. The molecule has 32 heavy (non-hydrogen) atoms. The second kappa shape index (κ2) is 9.07. The Morgan fingerprint density at radius 1 is 1.12 bits per heavy atom. The minimum Gasteiger partial charge on any atom is -0.493 e. The molecule has 162 valence electrons. The smallest absolute Gasteiger partial charge is 0.349 e. The first-order chi connectivity index (χ1) is 15.5. The average molecular weight is 454 g/mol. The number of hydrogen-bond donors (Lipinski definition) is 1. The second-order valence-electron chi connectivity index (χ2n) is 6.79. The quantitative estimate of drug-likeness (QED) is 0.448. The number of hydrogen-bond acceptors (Lipinski definition) is 5. The molecule has 0 fully saturated rings. The Morgan fingerprint density at radius 2 is 1.94 bits per heavy atom. The molecule has 0 spiro atoms. The summed E-state index contributed by atoms with van der Waals surface area (Å²) in [6.45, 7) is 0.0864. The van der Waals surface area contributed by atoms with Crippen LogP contribution in [0.5, 0.6) is 11.5 Å². The lowest BCUT2D eigenvalue weighted by atomic mass is 10.2. The Hall–Kier alpha value is -3.91. The van der Waals surface area contributed by atoms with Crippen LogP contribution in [0.15, 0.2) is 75.4 Å². The number of aromatic amines is 1. The van der Waals surface area contributed by atoms with Gasteiger partial charge in [0, 0.05) is 0 Å². The van der Waals surface area contributed by atoms with Gasteiger partial charge in [0.1, 0.15) is 12.4 Å². The number of rotatable bonds is 6. The number of fused-ring (bicyclic) bond motifs is 1. The van der Waals surface area contributed by atoms with E-state index in [-0.39, 0.29) is 23.2 Å². The number of H-pyrrole nitrogens is 1. The maximum atomic E-state index is 13.4. The molecule has 0 radical (unpaired) electrons. The second-order valence-corrected chi connectivity index (χ2v) is 7.20. The third-order valence-corrected chi connectivity index (χ3v) is 4.91. The molecule has 7 nitrogen and oxygen atoms in total. The van der Waals surface area contributed by atoms with Crippen molar-refractivity contribution in [2.45, 2.75) is 6.61 Å². The zero-order valence-electron chi connectivity index (χ0n) is 16.8. The summed E-state index contributed by atoms with van der Waals surface area (Å²) in [4.78, 5) is 27.5. The summed E-state index contributed by atoms with van der Waals surface area (Å²) >= 11 is 6.36. The van der Waals surface area contributed by atoms with Gasteiger partial charge in [-0.05, 0) is 47.5 Å². The summed E-state index contributed by atoms with van der Waals surface area (Å²) in [6.07, 6.45) is 1.32. The molecule has 0 amide bonds. The van der Waals surface area contributed by atoms with Gasteiger partial charge in [0.05, 0.1) is 29.2 Å². The lowest BCUT2D eigenvalue weighted by Crippen LogP contribution is -2.32. The number of methoxy groups -OCH3 is 1. The Balaban J connectivity index is 1.63. The van der Waals surface area contributed by atoms with Crippen molar-refractivity contribution in [3.63, 3.8) is 0 Å². The summed E-state index contributed by atoms with van der Waals surface area (Å²) in [5, 5.41) is 4.57. The molecule has 1 heterocycles. The predicted octanol–water partition coefficient (Wildman–Crippen LogP) is 3.95. The fraction of sp³-hybridized carbons (Fsp3) is 0.0870. The number of para-hydroxylation sites is 1. The fourth-order valence-electron chi connectivity index (χ4n) is 3.12. The Kier molecular flexibility index (Phi) is 6.04. The monoisotopic (exact) mass is 453 g/mol. The van der Waals surface area contributed by atoms with E-state index >= 15 is 0 Å². The third-order valence-electron chi connectivity index (χ3n) is 4.63. The highest BCUT2D eigenvalue weighted by Crippen LogP contribution is 2.36. The van der Waals surface area contributed by atoms with Crippen molar-refractivity contribution in [1.82, 2.24) is 9.66 Å². The third kappa shape index (κ3) is 4.40. The van der Waals surface area contributed by atoms with E-state index in [2.05, 4.69) is 10.1 Å². The SMILES string of the molecule is COc1cc(C=Nn2c(=O)[nH]c3ccccc3c2=O)cc(Cl)c1OCc1cccc(F)c1. The van der Waals surface area contributed by atoms with Gasteiger partial charge in [-0.3, -0.25) is 4.79 Å². The first kappa shape index (κ1) is 21.3. The van der Waals surface area contributed by atoms with Crippen molar-refractivity contribution in [1.29, 1.82) is 0 Å². The van der Waals surface area contributed by atoms with Crippen molar-refractivity contribution in [3.05, 3.63) is 103 Å². The molecule has 0 saturated heterocycles. The molecule has 9 heteroatoms. The van der Waals surface area contributed by atoms with Gasteiger partial charge in [-0.15, -0.1) is 4.68 Å². The van der Waals surface area contributed by atoms with Gasteiger partial charge in [-0.25, -0.2) is 9.18 Å². The molecule has 4 aromatic rings. The molecule has 0 aliphatic rings. The van der Waals surface area contributed by atoms with Crippen LogP contribution in [0, 0.1) is 5.82 Å². The zero-order valence-corrected chi connectivity index (χ0v) is 17.6. The average Bonchev–Trinajstić information content (AvgIpc) is 2.78. The normalized spacial score (nSPS) is 11.2. The maximum absolute atomic E-state index is 13.4.